The average molecular weight is 434 g/mol. The Morgan fingerprint density at radius 3 is 2.59 bits per heavy atom. The number of pyridine rings is 1. The highest BCUT2D eigenvalue weighted by atomic mass is 16.2. The van der Waals surface area contributed by atoms with Crippen LogP contribution in [0.4, 0.5) is 0 Å². The third-order valence-electron chi connectivity index (χ3n) is 5.92. The predicted octanol–water partition coefficient (Wildman–Crippen LogP) is 2.02. The molecule has 1 aliphatic rings. The van der Waals surface area contributed by atoms with Gasteiger partial charge in [-0.25, -0.2) is 0 Å². The first-order valence-electron chi connectivity index (χ1n) is 10.7. The summed E-state index contributed by atoms with van der Waals surface area (Å²) < 4.78 is 1.61. The maximum Gasteiger partial charge on any atom is 0.263 e. The first-order chi connectivity index (χ1) is 15.4. The van der Waals surface area contributed by atoms with E-state index in [2.05, 4.69) is 10.2 Å². The van der Waals surface area contributed by atoms with Crippen molar-refractivity contribution < 1.29 is 9.59 Å². The van der Waals surface area contributed by atoms with Gasteiger partial charge in [0.15, 0.2) is 0 Å². The van der Waals surface area contributed by atoms with Crippen molar-refractivity contribution in [3.05, 3.63) is 86.6 Å². The van der Waals surface area contributed by atoms with Crippen LogP contribution < -0.4 is 5.56 Å². The molecule has 1 N–H and O–H groups in total. The van der Waals surface area contributed by atoms with Crippen LogP contribution in [-0.2, 0) is 25.9 Å². The number of hydrogen-bond acceptors (Lipinski definition) is 4. The minimum absolute atomic E-state index is 0.107. The van der Waals surface area contributed by atoms with Crippen LogP contribution in [-0.4, -0.2) is 57.0 Å². The van der Waals surface area contributed by atoms with Crippen LogP contribution in [0.5, 0.6) is 0 Å². The van der Waals surface area contributed by atoms with Crippen molar-refractivity contribution in [1.82, 2.24) is 24.6 Å². The van der Waals surface area contributed by atoms with Crippen molar-refractivity contribution in [2.45, 2.75) is 32.9 Å². The largest absolute Gasteiger partial charge is 0.345 e. The van der Waals surface area contributed by atoms with E-state index in [1.807, 2.05) is 43.5 Å². The minimum Gasteiger partial charge on any atom is -0.345 e. The van der Waals surface area contributed by atoms with Crippen LogP contribution in [0.25, 0.3) is 0 Å². The Morgan fingerprint density at radius 2 is 1.94 bits per heavy atom. The summed E-state index contributed by atoms with van der Waals surface area (Å²) in [6.45, 7) is 3.06. The summed E-state index contributed by atoms with van der Waals surface area (Å²) in [4.78, 5) is 42.4. The molecule has 1 aromatic carbocycles. The highest BCUT2D eigenvalue weighted by Crippen LogP contribution is 2.23. The molecule has 2 aromatic heterocycles. The molecule has 0 atom stereocenters. The van der Waals surface area contributed by atoms with Crippen molar-refractivity contribution in [2.75, 3.05) is 20.6 Å². The van der Waals surface area contributed by atoms with E-state index in [1.165, 1.54) is 11.1 Å². The summed E-state index contributed by atoms with van der Waals surface area (Å²) in [5, 5.41) is 6.75. The fraction of sp³-hybridized carbons (Fsp3) is 0.333. The fourth-order valence-electron chi connectivity index (χ4n) is 4.13. The zero-order chi connectivity index (χ0) is 22.8. The average Bonchev–Trinajstić information content (AvgIpc) is 3.23. The number of hydrogen-bond donors (Lipinski definition) is 1. The van der Waals surface area contributed by atoms with E-state index in [1.54, 1.807) is 23.6 Å². The summed E-state index contributed by atoms with van der Waals surface area (Å²) in [5.74, 6) is -0.407. The van der Waals surface area contributed by atoms with Gasteiger partial charge in [-0.15, -0.1) is 0 Å². The van der Waals surface area contributed by atoms with Crippen LogP contribution >= 0.6 is 0 Å². The first-order valence-corrected chi connectivity index (χ1v) is 10.7. The van der Waals surface area contributed by atoms with Gasteiger partial charge in [0.25, 0.3) is 17.4 Å². The quantitative estimate of drug-likeness (QED) is 0.667. The number of nitrogens with zero attached hydrogens (tertiary/aromatic N) is 4. The highest BCUT2D eigenvalue weighted by molar-refractivity contribution is 5.97. The molecule has 0 radical (unpaired) electrons. The standard InChI is InChI=1S/C24H27N5O3/c1-16-20(13-25-26-16)22(30)28-12-10-19-18(14-28)15-29(11-9-17-7-5-4-6-8-17)24(32)21(19)23(31)27(2)3/h4-8,13,15H,9-12,14H2,1-3H3,(H,25,26). The number of aryl methyl sites for hydroxylation is 3. The SMILES string of the molecule is Cc1[nH]ncc1C(=O)N1CCc2c(cn(CCc3ccccc3)c(=O)c2C(=O)N(C)C)C1. The van der Waals surface area contributed by atoms with E-state index >= 15 is 0 Å². The Bertz CT molecular complexity index is 1210. The molecule has 0 saturated carbocycles. The van der Waals surface area contributed by atoms with Gasteiger partial charge in [-0.3, -0.25) is 19.5 Å². The van der Waals surface area contributed by atoms with Gasteiger partial charge in [-0.2, -0.15) is 5.10 Å². The van der Waals surface area contributed by atoms with E-state index in [0.717, 1.165) is 22.4 Å². The third-order valence-corrected chi connectivity index (χ3v) is 5.92. The molecule has 166 valence electrons. The van der Waals surface area contributed by atoms with E-state index in [9.17, 15) is 14.4 Å². The van der Waals surface area contributed by atoms with Crippen LogP contribution in [0.15, 0.2) is 47.5 Å². The second-order valence-corrected chi connectivity index (χ2v) is 8.33. The van der Waals surface area contributed by atoms with E-state index < -0.39 is 0 Å². The molecule has 0 unspecified atom stereocenters. The molecule has 4 rings (SSSR count). The van der Waals surface area contributed by atoms with Crippen molar-refractivity contribution in [3.8, 4) is 0 Å². The lowest BCUT2D eigenvalue weighted by atomic mass is 9.95. The van der Waals surface area contributed by atoms with Crippen molar-refractivity contribution >= 4 is 11.8 Å². The van der Waals surface area contributed by atoms with Gasteiger partial charge in [0.1, 0.15) is 5.56 Å². The number of rotatable bonds is 5. The maximum atomic E-state index is 13.3. The number of aromatic amines is 1. The number of fused-ring (bicyclic) bond motifs is 1. The summed E-state index contributed by atoms with van der Waals surface area (Å²) in [5.41, 5.74) is 3.90. The van der Waals surface area contributed by atoms with Crippen LogP contribution in [0.2, 0.25) is 0 Å². The summed E-state index contributed by atoms with van der Waals surface area (Å²) in [6, 6.07) is 9.92. The highest BCUT2D eigenvalue weighted by Gasteiger charge is 2.29. The monoisotopic (exact) mass is 433 g/mol. The van der Waals surface area contributed by atoms with Gasteiger partial charge >= 0.3 is 0 Å². The number of aromatic nitrogens is 3. The van der Waals surface area contributed by atoms with Crippen LogP contribution in [0.3, 0.4) is 0 Å². The van der Waals surface area contributed by atoms with Gasteiger partial charge in [0, 0.05) is 45.6 Å². The summed E-state index contributed by atoms with van der Waals surface area (Å²) in [7, 11) is 3.30. The Morgan fingerprint density at radius 1 is 1.19 bits per heavy atom. The molecular formula is C24H27N5O3. The molecule has 0 fully saturated rings. The van der Waals surface area contributed by atoms with Gasteiger partial charge in [-0.1, -0.05) is 30.3 Å². The molecule has 8 heteroatoms. The zero-order valence-corrected chi connectivity index (χ0v) is 18.6. The molecule has 0 spiro atoms. The Kier molecular flexibility index (Phi) is 5.94. The third kappa shape index (κ3) is 4.08. The lowest BCUT2D eigenvalue weighted by Crippen LogP contribution is -2.41. The van der Waals surface area contributed by atoms with Crippen molar-refractivity contribution in [1.29, 1.82) is 0 Å². The number of amides is 2. The fourth-order valence-corrected chi connectivity index (χ4v) is 4.13. The van der Waals surface area contributed by atoms with Gasteiger partial charge < -0.3 is 14.4 Å². The summed E-state index contributed by atoms with van der Waals surface area (Å²) in [6.07, 6.45) is 4.48. The molecule has 32 heavy (non-hydrogen) atoms. The molecule has 0 saturated heterocycles. The van der Waals surface area contributed by atoms with Crippen LogP contribution in [0, 0.1) is 6.92 Å². The number of benzene rings is 1. The van der Waals surface area contributed by atoms with E-state index in [4.69, 9.17) is 0 Å². The van der Waals surface area contributed by atoms with Crippen LogP contribution in [0.1, 0.15) is 43.1 Å². The predicted molar refractivity (Wildman–Crippen MR) is 121 cm³/mol. The molecule has 2 amide bonds. The lowest BCUT2D eigenvalue weighted by Gasteiger charge is -2.31. The lowest BCUT2D eigenvalue weighted by molar-refractivity contribution is 0.0732. The zero-order valence-electron chi connectivity index (χ0n) is 18.6. The molecule has 8 nitrogen and oxygen atoms in total. The normalized spacial score (nSPS) is 13.0. The summed E-state index contributed by atoms with van der Waals surface area (Å²) >= 11 is 0. The number of carbonyl (C=O) groups excluding carboxylic acids is 2. The topological polar surface area (TPSA) is 91.3 Å². The van der Waals surface area contributed by atoms with E-state index in [-0.39, 0.29) is 22.9 Å². The second kappa shape index (κ2) is 8.82. The first kappa shape index (κ1) is 21.5. The molecule has 0 bridgehead atoms. The Labute approximate surface area is 186 Å². The second-order valence-electron chi connectivity index (χ2n) is 8.33. The number of carbonyl (C=O) groups is 2. The van der Waals surface area contributed by atoms with E-state index in [0.29, 0.717) is 38.0 Å². The Hall–Kier alpha value is -3.68. The maximum absolute atomic E-state index is 13.3. The molecule has 3 heterocycles. The number of H-pyrrole nitrogens is 1. The van der Waals surface area contributed by atoms with Crippen molar-refractivity contribution in [3.63, 3.8) is 0 Å². The smallest absolute Gasteiger partial charge is 0.263 e. The van der Waals surface area contributed by atoms with Gasteiger partial charge in [-0.05, 0) is 36.5 Å². The number of nitrogens with one attached hydrogen (secondary N) is 1. The molecular weight excluding hydrogens is 406 g/mol. The van der Waals surface area contributed by atoms with Gasteiger partial charge in [0.2, 0.25) is 0 Å². The van der Waals surface area contributed by atoms with Gasteiger partial charge in [0.05, 0.1) is 11.8 Å². The molecule has 1 aliphatic heterocycles. The Balaban J connectivity index is 1.70. The van der Waals surface area contributed by atoms with Crippen molar-refractivity contribution in [2.24, 2.45) is 0 Å². The minimum atomic E-state index is -0.300. The molecule has 3 aromatic rings. The molecule has 0 aliphatic carbocycles.